The van der Waals surface area contributed by atoms with Gasteiger partial charge in [0.1, 0.15) is 0 Å². The first kappa shape index (κ1) is 29.6. The number of benzene rings is 1. The maximum atomic E-state index is 11.7. The van der Waals surface area contributed by atoms with Crippen LogP contribution in [0.1, 0.15) is 12.0 Å². The first-order valence-corrected chi connectivity index (χ1v) is 9.50. The molecule has 1 unspecified atom stereocenters. The van der Waals surface area contributed by atoms with Crippen molar-refractivity contribution in [2.45, 2.75) is 53.0 Å². The van der Waals surface area contributed by atoms with Crippen LogP contribution in [0.2, 0.25) is 0 Å². The van der Waals surface area contributed by atoms with Gasteiger partial charge in [0.15, 0.2) is 17.1 Å². The highest BCUT2D eigenvalue weighted by molar-refractivity contribution is 5.83. The standard InChI is InChI=1S/C16H21NO21/c18-2-1-9(22,15(32,33)17-2)3-4(19)6(21)8(38-16(34,35)36)7(5(3)20)37-14(31)12(27,28)10(23,24)11(25,26)13(14,29)30/h19-36H,1H2,(H,17,18). The molecule has 1 aromatic rings. The van der Waals surface area contributed by atoms with Gasteiger partial charge in [-0.3, -0.25) is 4.79 Å². The van der Waals surface area contributed by atoms with Gasteiger partial charge < -0.3 is 107 Å². The zero-order valence-corrected chi connectivity index (χ0v) is 18.0. The summed E-state index contributed by atoms with van der Waals surface area (Å²) in [6, 6.07) is 0. The molecule has 0 spiro atoms. The molecule has 1 atom stereocenters. The predicted molar refractivity (Wildman–Crippen MR) is 99.5 cm³/mol. The lowest BCUT2D eigenvalue weighted by atomic mass is 9.87. The Kier molecular flexibility index (Phi) is 5.93. The fraction of sp³-hybridized carbons (Fsp3) is 0.562. The molecule has 19 N–H and O–H groups in total. The quantitative estimate of drug-likeness (QED) is 0.0897. The van der Waals surface area contributed by atoms with Crippen molar-refractivity contribution in [3.8, 4) is 28.7 Å². The van der Waals surface area contributed by atoms with Gasteiger partial charge in [0.05, 0.1) is 12.0 Å². The van der Waals surface area contributed by atoms with Crippen LogP contribution in [-0.4, -0.2) is 139 Å². The highest BCUT2D eigenvalue weighted by Gasteiger charge is 2.93. The van der Waals surface area contributed by atoms with Crippen molar-refractivity contribution in [2.75, 3.05) is 0 Å². The zero-order chi connectivity index (χ0) is 29.9. The van der Waals surface area contributed by atoms with Gasteiger partial charge >= 0.3 is 11.9 Å². The molecule has 1 heterocycles. The number of phenolic OH excluding ortho intramolecular Hbond substituents is 3. The van der Waals surface area contributed by atoms with Crippen LogP contribution in [0.5, 0.6) is 28.7 Å². The Bertz CT molecular complexity index is 1150. The van der Waals surface area contributed by atoms with Crippen molar-refractivity contribution < 1.29 is 106 Å². The molecule has 3 rings (SSSR count). The number of aliphatic hydroxyl groups is 15. The summed E-state index contributed by atoms with van der Waals surface area (Å²) in [5.74, 6) is -41.0. The molecular weight excluding hydrogens is 542 g/mol. The first-order chi connectivity index (χ1) is 16.6. The number of carbonyl (C=O) groups excluding carboxylic acids is 1. The van der Waals surface area contributed by atoms with Crippen LogP contribution in [0.3, 0.4) is 0 Å². The Labute approximate surface area is 205 Å². The minimum absolute atomic E-state index is 1.34. The number of amides is 1. The van der Waals surface area contributed by atoms with Crippen molar-refractivity contribution in [3.05, 3.63) is 5.56 Å². The number of phenols is 3. The van der Waals surface area contributed by atoms with Crippen LogP contribution in [0, 0.1) is 0 Å². The average molecular weight is 563 g/mol. The van der Waals surface area contributed by atoms with Crippen LogP contribution in [0.25, 0.3) is 0 Å². The molecule has 38 heavy (non-hydrogen) atoms. The molecular formula is C16H21NO21. The molecule has 22 nitrogen and oxygen atoms in total. The zero-order valence-electron chi connectivity index (χ0n) is 18.0. The molecule has 2 fully saturated rings. The number of carbonyl (C=O) groups is 1. The monoisotopic (exact) mass is 563 g/mol. The summed E-state index contributed by atoms with van der Waals surface area (Å²) in [6.45, 7) is 0. The van der Waals surface area contributed by atoms with Crippen molar-refractivity contribution in [1.29, 1.82) is 0 Å². The fourth-order valence-corrected chi connectivity index (χ4v) is 3.84. The van der Waals surface area contributed by atoms with E-state index in [0.29, 0.717) is 0 Å². The van der Waals surface area contributed by atoms with Gasteiger partial charge in [-0.2, -0.15) is 0 Å². The molecule has 1 saturated heterocycles. The van der Waals surface area contributed by atoms with E-state index in [4.69, 9.17) is 15.3 Å². The number of ether oxygens (including phenoxy) is 2. The Hall–Kier alpha value is -2.91. The molecule has 216 valence electrons. The lowest BCUT2D eigenvalue weighted by molar-refractivity contribution is -0.452. The second kappa shape index (κ2) is 7.60. The lowest BCUT2D eigenvalue weighted by Gasteiger charge is -2.40. The number of hydrogen-bond donors (Lipinski definition) is 19. The van der Waals surface area contributed by atoms with Crippen LogP contribution in [0.4, 0.5) is 0 Å². The Balaban J connectivity index is 2.43. The highest BCUT2D eigenvalue weighted by atomic mass is 16.9. The van der Waals surface area contributed by atoms with Crippen molar-refractivity contribution >= 4 is 5.91 Å². The Morgan fingerprint density at radius 2 is 1.11 bits per heavy atom. The minimum Gasteiger partial charge on any atom is -0.504 e. The molecule has 2 aliphatic rings. The summed E-state index contributed by atoms with van der Waals surface area (Å²) in [4.78, 5) is 11.7. The summed E-state index contributed by atoms with van der Waals surface area (Å²) < 4.78 is 8.24. The van der Waals surface area contributed by atoms with Crippen LogP contribution in [0.15, 0.2) is 0 Å². The summed E-state index contributed by atoms with van der Waals surface area (Å²) in [5, 5.41) is 180. The Morgan fingerprint density at radius 1 is 0.658 bits per heavy atom. The van der Waals surface area contributed by atoms with Crippen molar-refractivity contribution in [1.82, 2.24) is 5.32 Å². The molecule has 22 heteroatoms. The van der Waals surface area contributed by atoms with E-state index in [1.165, 1.54) is 5.32 Å². The van der Waals surface area contributed by atoms with E-state index in [2.05, 4.69) is 9.47 Å². The third-order valence-corrected chi connectivity index (χ3v) is 5.95. The molecule has 1 saturated carbocycles. The molecule has 1 aromatic carbocycles. The molecule has 1 aliphatic carbocycles. The van der Waals surface area contributed by atoms with Crippen LogP contribution in [-0.2, 0) is 10.4 Å². The van der Waals surface area contributed by atoms with E-state index in [1.807, 2.05) is 0 Å². The third kappa shape index (κ3) is 3.33. The topological polar surface area (TPSA) is 412 Å². The van der Waals surface area contributed by atoms with E-state index in [-0.39, 0.29) is 0 Å². The van der Waals surface area contributed by atoms with E-state index in [1.54, 1.807) is 0 Å². The van der Waals surface area contributed by atoms with Gasteiger partial charge in [0, 0.05) is 0 Å². The fourth-order valence-electron chi connectivity index (χ4n) is 3.84. The van der Waals surface area contributed by atoms with Crippen molar-refractivity contribution in [3.63, 3.8) is 0 Å². The van der Waals surface area contributed by atoms with E-state index in [9.17, 15) is 81.4 Å². The smallest absolute Gasteiger partial charge is 0.453 e. The normalized spacial score (nSPS) is 28.1. The predicted octanol–water partition coefficient (Wildman–Crippen LogP) is -10.1. The summed E-state index contributed by atoms with van der Waals surface area (Å²) >= 11 is 0. The Morgan fingerprint density at radius 3 is 1.47 bits per heavy atom. The average Bonchev–Trinajstić information content (AvgIpc) is 2.95. The molecule has 0 bridgehead atoms. The molecule has 1 amide bonds. The van der Waals surface area contributed by atoms with Crippen LogP contribution >= 0.6 is 0 Å². The minimum atomic E-state index is -5.10. The van der Waals surface area contributed by atoms with Gasteiger partial charge in [0.25, 0.3) is 29.1 Å². The second-order valence-corrected chi connectivity index (χ2v) is 8.45. The maximum absolute atomic E-state index is 11.7. The SMILES string of the molecule is O=C1CC(O)(c2c(O)c(O)c(OC(O)(O)O)c(OC3(O)C(O)(O)C(O)(O)C(O)(O)C3(O)O)c2O)C(O)(O)N1. The maximum Gasteiger partial charge on any atom is 0.453 e. The molecule has 0 aromatic heterocycles. The van der Waals surface area contributed by atoms with E-state index < -0.39 is 93.2 Å². The number of hydrogen-bond acceptors (Lipinski definition) is 21. The molecule has 0 radical (unpaired) electrons. The van der Waals surface area contributed by atoms with Gasteiger partial charge in [0.2, 0.25) is 23.2 Å². The number of rotatable bonds is 5. The second-order valence-electron chi connectivity index (χ2n) is 8.45. The van der Waals surface area contributed by atoms with E-state index >= 15 is 0 Å². The van der Waals surface area contributed by atoms with Gasteiger partial charge in [-0.1, -0.05) is 0 Å². The number of nitrogens with one attached hydrogen (secondary N) is 1. The van der Waals surface area contributed by atoms with Gasteiger partial charge in [-0.05, 0) is 0 Å². The molecule has 1 aliphatic heterocycles. The summed E-state index contributed by atoms with van der Waals surface area (Å²) in [5.41, 5.74) is -5.47. The lowest BCUT2D eigenvalue weighted by Crippen LogP contribution is -2.70. The van der Waals surface area contributed by atoms with Crippen molar-refractivity contribution in [2.24, 2.45) is 0 Å². The highest BCUT2D eigenvalue weighted by Crippen LogP contribution is 2.61. The summed E-state index contributed by atoms with van der Waals surface area (Å²) in [6.07, 6.45) is -5.96. The van der Waals surface area contributed by atoms with Gasteiger partial charge in [-0.25, -0.2) is 0 Å². The van der Waals surface area contributed by atoms with Crippen LogP contribution < -0.4 is 14.8 Å². The third-order valence-electron chi connectivity index (χ3n) is 5.95. The van der Waals surface area contributed by atoms with E-state index in [0.717, 1.165) is 0 Å². The summed E-state index contributed by atoms with van der Waals surface area (Å²) in [7, 11) is 0. The first-order valence-electron chi connectivity index (χ1n) is 9.50. The van der Waals surface area contributed by atoms with Gasteiger partial charge in [-0.15, -0.1) is 0 Å². The largest absolute Gasteiger partial charge is 0.504 e. The number of aromatic hydroxyl groups is 3.